The number of carbonyl (C=O) groups excluding carboxylic acids is 1. The fourth-order valence-electron chi connectivity index (χ4n) is 2.90. The molecule has 1 unspecified atom stereocenters. The molecule has 1 heterocycles. The van der Waals surface area contributed by atoms with Crippen LogP contribution in [0, 0.1) is 12.7 Å². The topological polar surface area (TPSA) is 72.3 Å². The monoisotopic (exact) mass is 386 g/mol. The highest BCUT2D eigenvalue weighted by Gasteiger charge is 2.15. The number of methoxy groups -OCH3 is 1. The Balaban J connectivity index is 2.28. The fourth-order valence-corrected chi connectivity index (χ4v) is 2.90. The third-order valence-corrected chi connectivity index (χ3v) is 4.33. The van der Waals surface area contributed by atoms with Crippen LogP contribution in [0.4, 0.5) is 4.39 Å². The van der Waals surface area contributed by atoms with Gasteiger partial charge >= 0.3 is 5.97 Å². The minimum Gasteiger partial charge on any atom is -0.469 e. The summed E-state index contributed by atoms with van der Waals surface area (Å²) in [6.45, 7) is 5.97. The molecule has 1 aromatic heterocycles. The number of aryl methyl sites for hydroxylation is 1. The Morgan fingerprint density at radius 2 is 1.93 bits per heavy atom. The van der Waals surface area contributed by atoms with Crippen molar-refractivity contribution in [2.45, 2.75) is 52.1 Å². The van der Waals surface area contributed by atoms with Gasteiger partial charge in [-0.3, -0.25) is 4.79 Å². The number of hydrogen-bond acceptors (Lipinski definition) is 5. The molecule has 0 saturated carbocycles. The average molecular weight is 386 g/mol. The van der Waals surface area contributed by atoms with Crippen molar-refractivity contribution in [3.8, 4) is 11.3 Å². The van der Waals surface area contributed by atoms with Gasteiger partial charge in [-0.25, -0.2) is 14.4 Å². The van der Waals surface area contributed by atoms with Crippen LogP contribution in [0.3, 0.4) is 0 Å². The number of benzene rings is 1. The summed E-state index contributed by atoms with van der Waals surface area (Å²) < 4.78 is 17.9. The maximum atomic E-state index is 13.3. The van der Waals surface area contributed by atoms with Crippen LogP contribution in [-0.4, -0.2) is 34.3 Å². The van der Waals surface area contributed by atoms with Crippen molar-refractivity contribution in [2.75, 3.05) is 7.11 Å². The van der Waals surface area contributed by atoms with Crippen molar-refractivity contribution in [2.24, 2.45) is 0 Å². The number of aliphatic hydroxyl groups excluding tert-OH is 1. The van der Waals surface area contributed by atoms with Crippen molar-refractivity contribution in [1.82, 2.24) is 9.97 Å². The smallest absolute Gasteiger partial charge is 0.308 e. The molecule has 5 nitrogen and oxygen atoms in total. The number of allylic oxidation sites excluding steroid dienone is 1. The second-order valence-corrected chi connectivity index (χ2v) is 6.99. The van der Waals surface area contributed by atoms with Gasteiger partial charge in [-0.05, 0) is 49.9 Å². The number of esters is 1. The molecule has 0 spiro atoms. The first-order valence-corrected chi connectivity index (χ1v) is 9.37. The van der Waals surface area contributed by atoms with Gasteiger partial charge < -0.3 is 9.84 Å². The Kier molecular flexibility index (Phi) is 7.81. The molecular formula is C22H27FN2O3. The van der Waals surface area contributed by atoms with Crippen molar-refractivity contribution in [1.29, 1.82) is 0 Å². The maximum Gasteiger partial charge on any atom is 0.308 e. The van der Waals surface area contributed by atoms with E-state index in [0.717, 1.165) is 22.5 Å². The molecule has 1 aromatic carbocycles. The lowest BCUT2D eigenvalue weighted by Crippen LogP contribution is -2.14. The molecule has 0 aliphatic heterocycles. The van der Waals surface area contributed by atoms with E-state index in [4.69, 9.17) is 0 Å². The number of ether oxygens (including phenoxy) is 1. The van der Waals surface area contributed by atoms with Gasteiger partial charge in [-0.15, -0.1) is 0 Å². The van der Waals surface area contributed by atoms with Gasteiger partial charge in [0.1, 0.15) is 11.6 Å². The summed E-state index contributed by atoms with van der Waals surface area (Å²) in [5.74, 6) is 0.124. The number of nitrogens with zero attached hydrogens (tertiary/aromatic N) is 2. The molecule has 0 amide bonds. The third-order valence-electron chi connectivity index (χ3n) is 4.33. The second-order valence-electron chi connectivity index (χ2n) is 6.99. The van der Waals surface area contributed by atoms with Crippen molar-refractivity contribution in [3.63, 3.8) is 0 Å². The van der Waals surface area contributed by atoms with Crippen LogP contribution in [0.2, 0.25) is 0 Å². The van der Waals surface area contributed by atoms with Gasteiger partial charge in [0.2, 0.25) is 0 Å². The van der Waals surface area contributed by atoms with E-state index in [2.05, 4.69) is 28.6 Å². The summed E-state index contributed by atoms with van der Waals surface area (Å²) in [6, 6.07) is 6.24. The number of aromatic nitrogens is 2. The highest BCUT2D eigenvalue weighted by molar-refractivity contribution is 5.73. The van der Waals surface area contributed by atoms with Gasteiger partial charge in [0.05, 0.1) is 31.0 Å². The van der Waals surface area contributed by atoms with E-state index < -0.39 is 12.1 Å². The molecule has 0 aliphatic carbocycles. The third kappa shape index (κ3) is 5.96. The van der Waals surface area contributed by atoms with Crippen molar-refractivity contribution >= 4 is 12.0 Å². The summed E-state index contributed by atoms with van der Waals surface area (Å²) in [7, 11) is 1.30. The normalized spacial score (nSPS) is 12.5. The van der Waals surface area contributed by atoms with E-state index in [0.29, 0.717) is 18.7 Å². The number of halogens is 1. The van der Waals surface area contributed by atoms with E-state index in [1.54, 1.807) is 12.1 Å². The number of aliphatic hydroxyl groups is 1. The number of hydrogen-bond donors (Lipinski definition) is 1. The van der Waals surface area contributed by atoms with Gasteiger partial charge in [-0.1, -0.05) is 26.0 Å². The Labute approximate surface area is 165 Å². The molecule has 2 aromatic rings. The standard InChI is InChI=1S/C22H27FN2O3/c1-14(2)21-19(8-6-5-7-18(26)13-20(27)28-4)22(25-15(3)24-21)16-9-11-17(23)12-10-16/h6,8-12,14,18,26H,5,7,13H2,1-4H3/b8-6+. The van der Waals surface area contributed by atoms with Gasteiger partial charge in [0.15, 0.2) is 0 Å². The molecular weight excluding hydrogens is 359 g/mol. The summed E-state index contributed by atoms with van der Waals surface area (Å²) in [5, 5.41) is 9.89. The molecule has 0 fully saturated rings. The van der Waals surface area contributed by atoms with E-state index in [1.165, 1.54) is 19.2 Å². The zero-order valence-electron chi connectivity index (χ0n) is 16.8. The van der Waals surface area contributed by atoms with Crippen LogP contribution < -0.4 is 0 Å². The lowest BCUT2D eigenvalue weighted by molar-refractivity contribution is -0.142. The SMILES string of the molecule is COC(=O)CC(O)CC/C=C/c1c(-c2ccc(F)cc2)nc(C)nc1C(C)C. The molecule has 0 radical (unpaired) electrons. The molecule has 1 atom stereocenters. The highest BCUT2D eigenvalue weighted by Crippen LogP contribution is 2.29. The Morgan fingerprint density at radius 1 is 1.25 bits per heavy atom. The van der Waals surface area contributed by atoms with E-state index in [-0.39, 0.29) is 18.2 Å². The highest BCUT2D eigenvalue weighted by atomic mass is 19.1. The maximum absolute atomic E-state index is 13.3. The van der Waals surface area contributed by atoms with Crippen LogP contribution in [0.5, 0.6) is 0 Å². The molecule has 2 rings (SSSR count). The summed E-state index contributed by atoms with van der Waals surface area (Å²) in [6.07, 6.45) is 4.16. The molecule has 150 valence electrons. The summed E-state index contributed by atoms with van der Waals surface area (Å²) in [5.41, 5.74) is 3.37. The number of rotatable bonds is 8. The molecule has 28 heavy (non-hydrogen) atoms. The van der Waals surface area contributed by atoms with E-state index >= 15 is 0 Å². The van der Waals surface area contributed by atoms with Crippen molar-refractivity contribution in [3.05, 3.63) is 53.2 Å². The Hall–Kier alpha value is -2.60. The molecule has 1 N–H and O–H groups in total. The average Bonchev–Trinajstić information content (AvgIpc) is 2.66. The first-order chi connectivity index (χ1) is 13.3. The first-order valence-electron chi connectivity index (χ1n) is 9.37. The van der Waals surface area contributed by atoms with Gasteiger partial charge in [0, 0.05) is 11.1 Å². The molecule has 0 aliphatic rings. The van der Waals surface area contributed by atoms with Gasteiger partial charge in [-0.2, -0.15) is 0 Å². The zero-order valence-corrected chi connectivity index (χ0v) is 16.8. The van der Waals surface area contributed by atoms with Gasteiger partial charge in [0.25, 0.3) is 0 Å². The summed E-state index contributed by atoms with van der Waals surface area (Å²) in [4.78, 5) is 20.4. The van der Waals surface area contributed by atoms with Crippen LogP contribution in [0.15, 0.2) is 30.3 Å². The van der Waals surface area contributed by atoms with Crippen LogP contribution in [0.1, 0.15) is 56.1 Å². The van der Waals surface area contributed by atoms with E-state index in [9.17, 15) is 14.3 Å². The second kappa shape index (κ2) is 10.1. The molecule has 0 saturated heterocycles. The zero-order chi connectivity index (χ0) is 20.7. The van der Waals surface area contributed by atoms with Crippen LogP contribution >= 0.6 is 0 Å². The summed E-state index contributed by atoms with van der Waals surface area (Å²) >= 11 is 0. The Bertz CT molecular complexity index is 832. The predicted octanol–water partition coefficient (Wildman–Crippen LogP) is 4.43. The lowest BCUT2D eigenvalue weighted by Gasteiger charge is -2.15. The first kappa shape index (κ1) is 21.7. The Morgan fingerprint density at radius 3 is 2.54 bits per heavy atom. The van der Waals surface area contributed by atoms with E-state index in [1.807, 2.05) is 19.1 Å². The minimum atomic E-state index is -0.743. The fraction of sp³-hybridized carbons (Fsp3) is 0.409. The van der Waals surface area contributed by atoms with Crippen LogP contribution in [0.25, 0.3) is 17.3 Å². The molecule has 0 bridgehead atoms. The number of carbonyl (C=O) groups is 1. The van der Waals surface area contributed by atoms with Crippen LogP contribution in [-0.2, 0) is 9.53 Å². The quantitative estimate of drug-likeness (QED) is 0.680. The molecule has 6 heteroatoms. The minimum absolute atomic E-state index is 0.0178. The predicted molar refractivity (Wildman–Crippen MR) is 107 cm³/mol. The largest absolute Gasteiger partial charge is 0.469 e. The lowest BCUT2D eigenvalue weighted by atomic mass is 9.97. The van der Waals surface area contributed by atoms with Crippen molar-refractivity contribution < 1.29 is 19.0 Å².